The van der Waals surface area contributed by atoms with Crippen LogP contribution >= 0.6 is 0 Å². The number of rotatable bonds is 1. The summed E-state index contributed by atoms with van der Waals surface area (Å²) in [5, 5.41) is 5.09. The summed E-state index contributed by atoms with van der Waals surface area (Å²) in [5.41, 5.74) is 1.18. The quantitative estimate of drug-likeness (QED) is 0.561. The van der Waals surface area contributed by atoms with Crippen LogP contribution < -0.4 is 10.4 Å². The van der Waals surface area contributed by atoms with Gasteiger partial charge >= 0.3 is 0 Å². The van der Waals surface area contributed by atoms with Gasteiger partial charge < -0.3 is 0 Å². The SMILES string of the molecule is CC1(c2cccc3ccccc23)[C-]=c2ccccc2=C1.F.F.[Zr]. The van der Waals surface area contributed by atoms with Gasteiger partial charge in [0, 0.05) is 26.2 Å². The molecular formula is C20H17F2Zr-. The second-order valence-corrected chi connectivity index (χ2v) is 5.59. The van der Waals surface area contributed by atoms with Crippen molar-refractivity contribution in [1.29, 1.82) is 0 Å². The Morgan fingerprint density at radius 2 is 1.43 bits per heavy atom. The van der Waals surface area contributed by atoms with Crippen molar-refractivity contribution in [2.24, 2.45) is 0 Å². The summed E-state index contributed by atoms with van der Waals surface area (Å²) < 4.78 is 0. The fraction of sp³-hybridized carbons (Fsp3) is 0.100. The number of fused-ring (bicyclic) bond motifs is 2. The van der Waals surface area contributed by atoms with Gasteiger partial charge in [-0.05, 0) is 21.8 Å². The van der Waals surface area contributed by atoms with Crippen molar-refractivity contribution in [3.63, 3.8) is 0 Å². The topological polar surface area (TPSA) is 0 Å². The van der Waals surface area contributed by atoms with Gasteiger partial charge in [0.2, 0.25) is 0 Å². The fourth-order valence-electron chi connectivity index (χ4n) is 3.19. The van der Waals surface area contributed by atoms with E-state index in [-0.39, 0.29) is 41.0 Å². The van der Waals surface area contributed by atoms with Gasteiger partial charge in [-0.3, -0.25) is 9.41 Å². The van der Waals surface area contributed by atoms with Gasteiger partial charge in [0.25, 0.3) is 0 Å². The van der Waals surface area contributed by atoms with Crippen LogP contribution in [0.1, 0.15) is 12.5 Å². The summed E-state index contributed by atoms with van der Waals surface area (Å²) in [5.74, 6) is 0. The van der Waals surface area contributed by atoms with E-state index in [0.717, 1.165) is 0 Å². The smallest absolute Gasteiger partial charge is 0 e. The Hall–Kier alpha value is -1.60. The minimum atomic E-state index is -0.148. The zero-order valence-electron chi connectivity index (χ0n) is 12.7. The van der Waals surface area contributed by atoms with E-state index in [0.29, 0.717) is 0 Å². The molecule has 0 spiro atoms. The largest absolute Gasteiger partial charge is 0.269 e. The standard InChI is InChI=1S/C20H15.2FH.Zr/c1-20(13-16-8-2-3-9-17(16)14-20)19-12-6-10-15-7-4-5-11-18(15)19;;;/h2-13H,1H3;2*1H;/q-1;;;. The van der Waals surface area contributed by atoms with E-state index in [1.165, 1.54) is 26.8 Å². The molecule has 0 amide bonds. The minimum Gasteiger partial charge on any atom is -0.269 e. The molecule has 0 radical (unpaired) electrons. The first-order chi connectivity index (χ1) is 9.76. The summed E-state index contributed by atoms with van der Waals surface area (Å²) >= 11 is 0. The molecule has 0 saturated carbocycles. The van der Waals surface area contributed by atoms with Crippen LogP contribution in [0.5, 0.6) is 0 Å². The van der Waals surface area contributed by atoms with E-state index in [9.17, 15) is 0 Å². The molecule has 3 aromatic rings. The van der Waals surface area contributed by atoms with E-state index in [1.54, 1.807) is 0 Å². The average molecular weight is 387 g/mol. The Balaban J connectivity index is 0.000000882. The second-order valence-electron chi connectivity index (χ2n) is 5.59. The van der Waals surface area contributed by atoms with Gasteiger partial charge in [-0.2, -0.15) is 17.4 Å². The van der Waals surface area contributed by atoms with Crippen LogP contribution in [0.4, 0.5) is 9.41 Å². The van der Waals surface area contributed by atoms with Crippen molar-refractivity contribution in [1.82, 2.24) is 0 Å². The summed E-state index contributed by atoms with van der Waals surface area (Å²) in [6.07, 6.45) is 5.99. The third-order valence-corrected chi connectivity index (χ3v) is 4.15. The first-order valence-corrected chi connectivity index (χ1v) is 6.98. The zero-order chi connectivity index (χ0) is 13.6. The van der Waals surface area contributed by atoms with Crippen LogP contribution in [0.15, 0.2) is 66.7 Å². The molecule has 4 rings (SSSR count). The molecule has 116 valence electrons. The van der Waals surface area contributed by atoms with Gasteiger partial charge in [0.05, 0.1) is 0 Å². The van der Waals surface area contributed by atoms with Gasteiger partial charge in [-0.15, -0.1) is 23.4 Å². The predicted octanol–water partition coefficient (Wildman–Crippen LogP) is 3.55. The van der Waals surface area contributed by atoms with Crippen LogP contribution in [0.25, 0.3) is 22.9 Å². The summed E-state index contributed by atoms with van der Waals surface area (Å²) in [6.45, 7) is 2.24. The maximum absolute atomic E-state index is 3.66. The van der Waals surface area contributed by atoms with E-state index in [2.05, 4.69) is 85.8 Å². The third kappa shape index (κ3) is 3.21. The molecule has 3 heteroatoms. The van der Waals surface area contributed by atoms with E-state index in [1.807, 2.05) is 0 Å². The number of benzene rings is 3. The Kier molecular flexibility index (Phi) is 6.19. The first-order valence-electron chi connectivity index (χ1n) is 6.98. The van der Waals surface area contributed by atoms with Crippen LogP contribution in [-0.2, 0) is 31.6 Å². The molecule has 0 aromatic heterocycles. The van der Waals surface area contributed by atoms with Crippen molar-refractivity contribution in [3.8, 4) is 0 Å². The second kappa shape index (κ2) is 7.32. The molecule has 0 N–H and O–H groups in total. The Bertz CT molecular complexity index is 891. The van der Waals surface area contributed by atoms with Crippen LogP contribution in [-0.4, -0.2) is 0 Å². The maximum atomic E-state index is 3.66. The molecule has 0 aliphatic heterocycles. The molecule has 23 heavy (non-hydrogen) atoms. The molecule has 1 aliphatic rings. The van der Waals surface area contributed by atoms with E-state index < -0.39 is 0 Å². The van der Waals surface area contributed by atoms with Crippen molar-refractivity contribution in [3.05, 3.63) is 82.7 Å². The molecule has 0 bridgehead atoms. The van der Waals surface area contributed by atoms with Crippen molar-refractivity contribution >= 4 is 22.9 Å². The number of halogens is 2. The van der Waals surface area contributed by atoms with Gasteiger partial charge in [-0.1, -0.05) is 55.5 Å². The molecule has 3 aromatic carbocycles. The average Bonchev–Trinajstić information content (AvgIpc) is 2.84. The summed E-state index contributed by atoms with van der Waals surface area (Å²) in [6, 6.07) is 23.6. The molecule has 0 heterocycles. The van der Waals surface area contributed by atoms with Crippen molar-refractivity contribution in [2.75, 3.05) is 0 Å². The first kappa shape index (κ1) is 19.4. The third-order valence-electron chi connectivity index (χ3n) is 4.15. The van der Waals surface area contributed by atoms with Crippen LogP contribution in [0.2, 0.25) is 0 Å². The molecule has 1 atom stereocenters. The van der Waals surface area contributed by atoms with Crippen LogP contribution in [0.3, 0.4) is 0 Å². The van der Waals surface area contributed by atoms with Crippen LogP contribution in [0, 0.1) is 0 Å². The molecule has 0 fully saturated rings. The summed E-state index contributed by atoms with van der Waals surface area (Å²) in [7, 11) is 0. The number of hydrogen-bond donors (Lipinski definition) is 0. The molecule has 1 aliphatic carbocycles. The van der Waals surface area contributed by atoms with Crippen molar-refractivity contribution in [2.45, 2.75) is 12.3 Å². The molecule has 0 nitrogen and oxygen atoms in total. The Morgan fingerprint density at radius 3 is 2.22 bits per heavy atom. The number of hydrogen-bond acceptors (Lipinski definition) is 0. The van der Waals surface area contributed by atoms with Gasteiger partial charge in [0.15, 0.2) is 0 Å². The van der Waals surface area contributed by atoms with Crippen molar-refractivity contribution < 1.29 is 35.6 Å². The molecular weight excluding hydrogens is 369 g/mol. The van der Waals surface area contributed by atoms with Gasteiger partial charge in [0.1, 0.15) is 0 Å². The maximum Gasteiger partial charge on any atom is 0 e. The zero-order valence-corrected chi connectivity index (χ0v) is 15.2. The minimum absolute atomic E-state index is 0. The van der Waals surface area contributed by atoms with E-state index >= 15 is 0 Å². The van der Waals surface area contributed by atoms with Gasteiger partial charge in [-0.25, -0.2) is 0 Å². The molecule has 1 unspecified atom stereocenters. The Labute approximate surface area is 153 Å². The summed E-state index contributed by atoms with van der Waals surface area (Å²) in [4.78, 5) is 0. The Morgan fingerprint density at radius 1 is 0.783 bits per heavy atom. The monoisotopic (exact) mass is 385 g/mol. The fourth-order valence-corrected chi connectivity index (χ4v) is 3.19. The molecule has 0 saturated heterocycles. The predicted molar refractivity (Wildman–Crippen MR) is 89.9 cm³/mol. The van der Waals surface area contributed by atoms with E-state index in [4.69, 9.17) is 0 Å². The normalized spacial score (nSPS) is 17.6.